The quantitative estimate of drug-likeness (QED) is 0.835. The SMILES string of the molecule is COc1cnccc1-c1nnc(C(C)N)o1. The van der Waals surface area contributed by atoms with Crippen LogP contribution in [0.25, 0.3) is 11.5 Å². The Hall–Kier alpha value is -1.95. The van der Waals surface area contributed by atoms with Crippen molar-refractivity contribution in [1.29, 1.82) is 0 Å². The Balaban J connectivity index is 2.42. The highest BCUT2D eigenvalue weighted by molar-refractivity contribution is 5.60. The molecule has 0 fully saturated rings. The van der Waals surface area contributed by atoms with E-state index < -0.39 is 0 Å². The predicted molar refractivity (Wildman–Crippen MR) is 56.7 cm³/mol. The van der Waals surface area contributed by atoms with Crippen LogP contribution in [0.1, 0.15) is 18.9 Å². The number of hydrogen-bond donors (Lipinski definition) is 1. The van der Waals surface area contributed by atoms with Crippen LogP contribution in [0.3, 0.4) is 0 Å². The summed E-state index contributed by atoms with van der Waals surface area (Å²) in [5.74, 6) is 1.36. The lowest BCUT2D eigenvalue weighted by atomic mass is 10.2. The Kier molecular flexibility index (Phi) is 2.82. The van der Waals surface area contributed by atoms with E-state index in [1.54, 1.807) is 32.5 Å². The average Bonchev–Trinajstić information content (AvgIpc) is 2.78. The molecule has 84 valence electrons. The number of methoxy groups -OCH3 is 1. The maximum Gasteiger partial charge on any atom is 0.251 e. The molecule has 0 radical (unpaired) electrons. The van der Waals surface area contributed by atoms with Gasteiger partial charge in [-0.25, -0.2) is 0 Å². The molecule has 2 heterocycles. The van der Waals surface area contributed by atoms with Crippen molar-refractivity contribution in [2.24, 2.45) is 5.73 Å². The van der Waals surface area contributed by atoms with Gasteiger partial charge in [-0.3, -0.25) is 4.98 Å². The number of pyridine rings is 1. The van der Waals surface area contributed by atoms with Crippen LogP contribution in [0.2, 0.25) is 0 Å². The molecule has 0 saturated heterocycles. The van der Waals surface area contributed by atoms with Crippen molar-refractivity contribution >= 4 is 0 Å². The van der Waals surface area contributed by atoms with E-state index in [2.05, 4.69) is 15.2 Å². The number of nitrogens with zero attached hydrogens (tertiary/aromatic N) is 3. The summed E-state index contributed by atoms with van der Waals surface area (Å²) in [7, 11) is 1.56. The van der Waals surface area contributed by atoms with Crippen molar-refractivity contribution in [1.82, 2.24) is 15.2 Å². The van der Waals surface area contributed by atoms with E-state index in [0.29, 0.717) is 23.1 Å². The van der Waals surface area contributed by atoms with Gasteiger partial charge in [0.2, 0.25) is 5.89 Å². The van der Waals surface area contributed by atoms with Gasteiger partial charge in [-0.1, -0.05) is 0 Å². The molecule has 2 aromatic heterocycles. The van der Waals surface area contributed by atoms with Gasteiger partial charge in [0, 0.05) is 6.20 Å². The summed E-state index contributed by atoms with van der Waals surface area (Å²) < 4.78 is 10.6. The van der Waals surface area contributed by atoms with E-state index in [-0.39, 0.29) is 6.04 Å². The van der Waals surface area contributed by atoms with Crippen LogP contribution in [-0.2, 0) is 0 Å². The fourth-order valence-electron chi connectivity index (χ4n) is 1.25. The smallest absolute Gasteiger partial charge is 0.251 e. The zero-order valence-electron chi connectivity index (χ0n) is 9.04. The Labute approximate surface area is 92.5 Å². The third kappa shape index (κ3) is 1.87. The molecule has 6 nitrogen and oxygen atoms in total. The van der Waals surface area contributed by atoms with Gasteiger partial charge in [0.25, 0.3) is 5.89 Å². The summed E-state index contributed by atoms with van der Waals surface area (Å²) in [6.45, 7) is 1.78. The predicted octanol–water partition coefficient (Wildman–Crippen LogP) is 1.16. The number of aromatic nitrogens is 3. The van der Waals surface area contributed by atoms with E-state index >= 15 is 0 Å². The lowest BCUT2D eigenvalue weighted by Gasteiger charge is -2.02. The topological polar surface area (TPSA) is 87.1 Å². The highest BCUT2D eigenvalue weighted by Crippen LogP contribution is 2.28. The average molecular weight is 220 g/mol. The van der Waals surface area contributed by atoms with Gasteiger partial charge in [-0.2, -0.15) is 0 Å². The Bertz CT molecular complexity index is 481. The van der Waals surface area contributed by atoms with Crippen molar-refractivity contribution < 1.29 is 9.15 Å². The first-order chi connectivity index (χ1) is 7.72. The molecule has 0 aliphatic rings. The third-order valence-corrected chi connectivity index (χ3v) is 2.06. The third-order valence-electron chi connectivity index (χ3n) is 2.06. The van der Waals surface area contributed by atoms with Crippen molar-refractivity contribution in [3.63, 3.8) is 0 Å². The molecule has 0 bridgehead atoms. The normalized spacial score (nSPS) is 12.4. The van der Waals surface area contributed by atoms with Gasteiger partial charge < -0.3 is 14.9 Å². The number of rotatable bonds is 3. The first-order valence-corrected chi connectivity index (χ1v) is 4.79. The molecule has 0 aliphatic heterocycles. The Morgan fingerprint density at radius 2 is 2.25 bits per heavy atom. The molecule has 0 spiro atoms. The standard InChI is InChI=1S/C10H12N4O2/c1-6(11)9-13-14-10(16-9)7-3-4-12-5-8(7)15-2/h3-6H,11H2,1-2H3. The lowest BCUT2D eigenvalue weighted by Crippen LogP contribution is -2.04. The summed E-state index contributed by atoms with van der Waals surface area (Å²) in [5.41, 5.74) is 6.34. The maximum absolute atomic E-state index is 5.64. The molecule has 6 heteroatoms. The Morgan fingerprint density at radius 1 is 1.44 bits per heavy atom. The van der Waals surface area contributed by atoms with E-state index in [9.17, 15) is 0 Å². The van der Waals surface area contributed by atoms with Gasteiger partial charge in [-0.05, 0) is 13.0 Å². The molecule has 1 atom stereocenters. The second-order valence-electron chi connectivity index (χ2n) is 3.31. The molecule has 2 aromatic rings. The zero-order chi connectivity index (χ0) is 11.5. The molecular formula is C10H12N4O2. The summed E-state index contributed by atoms with van der Waals surface area (Å²) in [4.78, 5) is 3.94. The van der Waals surface area contributed by atoms with Crippen LogP contribution in [0.5, 0.6) is 5.75 Å². The second kappa shape index (κ2) is 4.28. The van der Waals surface area contributed by atoms with E-state index in [4.69, 9.17) is 14.9 Å². The van der Waals surface area contributed by atoms with Crippen LogP contribution in [0.4, 0.5) is 0 Å². The molecule has 16 heavy (non-hydrogen) atoms. The van der Waals surface area contributed by atoms with Gasteiger partial charge in [0.05, 0.1) is 24.9 Å². The van der Waals surface area contributed by atoms with Crippen LogP contribution < -0.4 is 10.5 Å². The largest absolute Gasteiger partial charge is 0.494 e. The summed E-state index contributed by atoms with van der Waals surface area (Å²) in [6.07, 6.45) is 3.22. The fourth-order valence-corrected chi connectivity index (χ4v) is 1.25. The molecule has 0 aromatic carbocycles. The maximum atomic E-state index is 5.64. The number of ether oxygens (including phenoxy) is 1. The van der Waals surface area contributed by atoms with Crippen molar-refractivity contribution in [2.45, 2.75) is 13.0 Å². The van der Waals surface area contributed by atoms with Gasteiger partial charge in [-0.15, -0.1) is 10.2 Å². The van der Waals surface area contributed by atoms with Crippen LogP contribution in [0.15, 0.2) is 22.9 Å². The minimum absolute atomic E-state index is 0.283. The first kappa shape index (κ1) is 10.6. The second-order valence-corrected chi connectivity index (χ2v) is 3.31. The van der Waals surface area contributed by atoms with Crippen molar-refractivity contribution in [3.8, 4) is 17.2 Å². The van der Waals surface area contributed by atoms with Gasteiger partial charge in [0.15, 0.2) is 0 Å². The van der Waals surface area contributed by atoms with Gasteiger partial charge in [0.1, 0.15) is 5.75 Å². The highest BCUT2D eigenvalue weighted by atomic mass is 16.5. The molecular weight excluding hydrogens is 208 g/mol. The minimum Gasteiger partial charge on any atom is -0.494 e. The summed E-state index contributed by atoms with van der Waals surface area (Å²) in [5, 5.41) is 7.76. The number of hydrogen-bond acceptors (Lipinski definition) is 6. The van der Waals surface area contributed by atoms with Crippen LogP contribution in [0, 0.1) is 0 Å². The molecule has 0 amide bonds. The van der Waals surface area contributed by atoms with Crippen molar-refractivity contribution in [2.75, 3.05) is 7.11 Å². The van der Waals surface area contributed by atoms with Crippen molar-refractivity contribution in [3.05, 3.63) is 24.4 Å². The first-order valence-electron chi connectivity index (χ1n) is 4.79. The summed E-state index contributed by atoms with van der Waals surface area (Å²) >= 11 is 0. The molecule has 1 unspecified atom stereocenters. The van der Waals surface area contributed by atoms with Crippen LogP contribution in [-0.4, -0.2) is 22.3 Å². The fraction of sp³-hybridized carbons (Fsp3) is 0.300. The van der Waals surface area contributed by atoms with E-state index in [1.807, 2.05) is 0 Å². The molecule has 0 saturated carbocycles. The molecule has 2 rings (SSSR count). The lowest BCUT2D eigenvalue weighted by molar-refractivity contribution is 0.410. The molecule has 2 N–H and O–H groups in total. The summed E-state index contributed by atoms with van der Waals surface area (Å²) in [6, 6.07) is 1.46. The Morgan fingerprint density at radius 3 is 2.88 bits per heavy atom. The monoisotopic (exact) mass is 220 g/mol. The zero-order valence-corrected chi connectivity index (χ0v) is 9.04. The number of nitrogens with two attached hydrogens (primary N) is 1. The van der Waals surface area contributed by atoms with E-state index in [0.717, 1.165) is 0 Å². The van der Waals surface area contributed by atoms with E-state index in [1.165, 1.54) is 0 Å². The van der Waals surface area contributed by atoms with Gasteiger partial charge >= 0.3 is 0 Å². The molecule has 0 aliphatic carbocycles. The highest BCUT2D eigenvalue weighted by Gasteiger charge is 2.14. The minimum atomic E-state index is -0.283. The van der Waals surface area contributed by atoms with Crippen LogP contribution >= 0.6 is 0 Å².